The predicted octanol–water partition coefficient (Wildman–Crippen LogP) is 3.37. The Hall–Kier alpha value is -0.0800. The second kappa shape index (κ2) is 9.90. The maximum atomic E-state index is 5.92. The third-order valence-electron chi connectivity index (χ3n) is 3.70. The summed E-state index contributed by atoms with van der Waals surface area (Å²) < 4.78 is 0. The zero-order valence-corrected chi connectivity index (χ0v) is 12.7. The monoisotopic (exact) mass is 242 g/mol. The van der Waals surface area contributed by atoms with Crippen molar-refractivity contribution in [3.63, 3.8) is 0 Å². The smallest absolute Gasteiger partial charge is 0.00183 e. The van der Waals surface area contributed by atoms with E-state index in [9.17, 15) is 0 Å². The summed E-state index contributed by atoms with van der Waals surface area (Å²) in [6.07, 6.45) is 6.77. The Balaban J connectivity index is 3.93. The van der Waals surface area contributed by atoms with Crippen molar-refractivity contribution in [2.75, 3.05) is 27.2 Å². The molecule has 0 aliphatic carbocycles. The fourth-order valence-corrected chi connectivity index (χ4v) is 2.62. The Morgan fingerprint density at radius 2 is 1.59 bits per heavy atom. The molecule has 0 saturated carbocycles. The molecule has 17 heavy (non-hydrogen) atoms. The summed E-state index contributed by atoms with van der Waals surface area (Å²) in [5.41, 5.74) is 5.92. The maximum absolute atomic E-state index is 5.92. The van der Waals surface area contributed by atoms with E-state index in [0.29, 0.717) is 5.92 Å². The first kappa shape index (κ1) is 16.9. The minimum Gasteiger partial charge on any atom is -0.330 e. The average Bonchev–Trinajstić information content (AvgIpc) is 2.26. The SMILES string of the molecule is CCC(CCCCC(C)C)C(CN)CN(C)C. The van der Waals surface area contributed by atoms with E-state index < -0.39 is 0 Å². The van der Waals surface area contributed by atoms with Gasteiger partial charge in [-0.15, -0.1) is 0 Å². The molecule has 0 aliphatic rings. The van der Waals surface area contributed by atoms with Gasteiger partial charge in [-0.25, -0.2) is 0 Å². The van der Waals surface area contributed by atoms with Crippen LogP contribution in [0.1, 0.15) is 52.9 Å². The molecule has 104 valence electrons. The number of unbranched alkanes of at least 4 members (excludes halogenated alkanes) is 1. The number of nitrogens with zero attached hydrogens (tertiary/aromatic N) is 1. The minimum atomic E-state index is 0.675. The zero-order valence-electron chi connectivity index (χ0n) is 12.7. The molecule has 0 radical (unpaired) electrons. The van der Waals surface area contributed by atoms with Crippen LogP contribution in [-0.2, 0) is 0 Å². The molecule has 0 saturated heterocycles. The molecule has 0 aromatic carbocycles. The summed E-state index contributed by atoms with van der Waals surface area (Å²) in [5, 5.41) is 0. The molecule has 0 spiro atoms. The summed E-state index contributed by atoms with van der Waals surface area (Å²) >= 11 is 0. The fourth-order valence-electron chi connectivity index (χ4n) is 2.62. The molecule has 2 nitrogen and oxygen atoms in total. The Labute approximate surface area is 109 Å². The molecule has 0 aromatic rings. The van der Waals surface area contributed by atoms with Crippen molar-refractivity contribution < 1.29 is 0 Å². The third-order valence-corrected chi connectivity index (χ3v) is 3.70. The summed E-state index contributed by atoms with van der Waals surface area (Å²) in [4.78, 5) is 2.27. The van der Waals surface area contributed by atoms with Crippen LogP contribution in [0.15, 0.2) is 0 Å². The standard InChI is InChI=1S/C15H34N2/c1-6-14(10-8-7-9-13(2)3)15(11-16)12-17(4)5/h13-15H,6-12,16H2,1-5H3. The van der Waals surface area contributed by atoms with Crippen LogP contribution in [0, 0.1) is 17.8 Å². The lowest BCUT2D eigenvalue weighted by molar-refractivity contribution is 0.230. The Kier molecular flexibility index (Phi) is 9.85. The van der Waals surface area contributed by atoms with Gasteiger partial charge in [0, 0.05) is 6.54 Å². The van der Waals surface area contributed by atoms with Gasteiger partial charge in [0.05, 0.1) is 0 Å². The van der Waals surface area contributed by atoms with Gasteiger partial charge in [0.1, 0.15) is 0 Å². The molecular formula is C15H34N2. The largest absolute Gasteiger partial charge is 0.330 e. The van der Waals surface area contributed by atoms with Gasteiger partial charge in [0.25, 0.3) is 0 Å². The van der Waals surface area contributed by atoms with Crippen LogP contribution in [0.25, 0.3) is 0 Å². The number of hydrogen-bond acceptors (Lipinski definition) is 2. The predicted molar refractivity (Wildman–Crippen MR) is 78.2 cm³/mol. The summed E-state index contributed by atoms with van der Waals surface area (Å²) in [6.45, 7) is 8.91. The van der Waals surface area contributed by atoms with E-state index in [0.717, 1.165) is 24.9 Å². The molecule has 0 aromatic heterocycles. The molecule has 0 fully saturated rings. The van der Waals surface area contributed by atoms with Gasteiger partial charge in [-0.2, -0.15) is 0 Å². The van der Waals surface area contributed by atoms with Gasteiger partial charge in [-0.1, -0.05) is 52.9 Å². The van der Waals surface area contributed by atoms with Crippen molar-refractivity contribution in [3.05, 3.63) is 0 Å². The van der Waals surface area contributed by atoms with E-state index >= 15 is 0 Å². The molecule has 0 aliphatic heterocycles. The maximum Gasteiger partial charge on any atom is 0.00183 e. The number of hydrogen-bond donors (Lipinski definition) is 1. The van der Waals surface area contributed by atoms with Crippen LogP contribution in [0.3, 0.4) is 0 Å². The quantitative estimate of drug-likeness (QED) is 0.595. The lowest BCUT2D eigenvalue weighted by Crippen LogP contribution is -2.33. The number of rotatable bonds is 10. The Morgan fingerprint density at radius 3 is 2.00 bits per heavy atom. The summed E-state index contributed by atoms with van der Waals surface area (Å²) in [6, 6.07) is 0. The van der Waals surface area contributed by atoms with E-state index in [1.807, 2.05) is 0 Å². The molecular weight excluding hydrogens is 208 g/mol. The first-order valence-corrected chi connectivity index (χ1v) is 7.36. The molecule has 2 heteroatoms. The van der Waals surface area contributed by atoms with Gasteiger partial charge in [-0.05, 0) is 38.4 Å². The third kappa shape index (κ3) is 8.62. The number of nitrogens with two attached hydrogens (primary N) is 1. The summed E-state index contributed by atoms with van der Waals surface area (Å²) in [5.74, 6) is 2.34. The second-order valence-electron chi connectivity index (χ2n) is 6.10. The van der Waals surface area contributed by atoms with Gasteiger partial charge in [0.15, 0.2) is 0 Å². The van der Waals surface area contributed by atoms with Crippen LogP contribution in [0.2, 0.25) is 0 Å². The average molecular weight is 242 g/mol. The molecule has 0 heterocycles. The van der Waals surface area contributed by atoms with E-state index in [1.165, 1.54) is 32.1 Å². The van der Waals surface area contributed by atoms with Crippen LogP contribution in [0.5, 0.6) is 0 Å². The van der Waals surface area contributed by atoms with E-state index in [2.05, 4.69) is 39.8 Å². The van der Waals surface area contributed by atoms with Crippen molar-refractivity contribution in [3.8, 4) is 0 Å². The lowest BCUT2D eigenvalue weighted by Gasteiger charge is -2.27. The Bertz CT molecular complexity index is 166. The molecule has 2 unspecified atom stereocenters. The van der Waals surface area contributed by atoms with Crippen LogP contribution in [0.4, 0.5) is 0 Å². The minimum absolute atomic E-state index is 0.675. The molecule has 0 rings (SSSR count). The molecule has 2 N–H and O–H groups in total. The van der Waals surface area contributed by atoms with E-state index in [1.54, 1.807) is 0 Å². The first-order valence-electron chi connectivity index (χ1n) is 7.36. The molecule has 2 atom stereocenters. The Morgan fingerprint density at radius 1 is 1.00 bits per heavy atom. The van der Waals surface area contributed by atoms with Gasteiger partial charge in [-0.3, -0.25) is 0 Å². The van der Waals surface area contributed by atoms with Crippen molar-refractivity contribution in [2.45, 2.75) is 52.9 Å². The van der Waals surface area contributed by atoms with Crippen molar-refractivity contribution in [1.82, 2.24) is 4.90 Å². The topological polar surface area (TPSA) is 29.3 Å². The highest BCUT2D eigenvalue weighted by Crippen LogP contribution is 2.23. The summed E-state index contributed by atoms with van der Waals surface area (Å²) in [7, 11) is 4.29. The van der Waals surface area contributed by atoms with Crippen LogP contribution < -0.4 is 5.73 Å². The van der Waals surface area contributed by atoms with Crippen molar-refractivity contribution >= 4 is 0 Å². The normalized spacial score (nSPS) is 15.5. The van der Waals surface area contributed by atoms with E-state index in [-0.39, 0.29) is 0 Å². The van der Waals surface area contributed by atoms with Gasteiger partial charge >= 0.3 is 0 Å². The molecule has 0 bridgehead atoms. The highest BCUT2D eigenvalue weighted by molar-refractivity contribution is 4.72. The highest BCUT2D eigenvalue weighted by atomic mass is 15.1. The zero-order chi connectivity index (χ0) is 13.3. The highest BCUT2D eigenvalue weighted by Gasteiger charge is 2.18. The van der Waals surface area contributed by atoms with Gasteiger partial charge in [0.2, 0.25) is 0 Å². The van der Waals surface area contributed by atoms with Crippen molar-refractivity contribution in [2.24, 2.45) is 23.5 Å². The van der Waals surface area contributed by atoms with Crippen LogP contribution in [-0.4, -0.2) is 32.1 Å². The van der Waals surface area contributed by atoms with E-state index in [4.69, 9.17) is 5.73 Å². The van der Waals surface area contributed by atoms with Crippen LogP contribution >= 0.6 is 0 Å². The second-order valence-corrected chi connectivity index (χ2v) is 6.10. The molecule has 0 amide bonds. The fraction of sp³-hybridized carbons (Fsp3) is 1.00. The van der Waals surface area contributed by atoms with Gasteiger partial charge < -0.3 is 10.6 Å². The first-order chi connectivity index (χ1) is 8.01. The van der Waals surface area contributed by atoms with Crippen molar-refractivity contribution in [1.29, 1.82) is 0 Å². The lowest BCUT2D eigenvalue weighted by atomic mass is 9.85.